The monoisotopic (exact) mass is 482 g/mol. The molecule has 0 spiro atoms. The number of piperazine rings is 1. The molecule has 1 aliphatic rings. The number of aromatic amines is 1. The van der Waals surface area contributed by atoms with Crippen molar-refractivity contribution in [3.63, 3.8) is 0 Å². The summed E-state index contributed by atoms with van der Waals surface area (Å²) in [7, 11) is 0. The van der Waals surface area contributed by atoms with Crippen molar-refractivity contribution >= 4 is 34.8 Å². The minimum Gasteiger partial charge on any atom is -0.368 e. The van der Waals surface area contributed by atoms with Gasteiger partial charge in [-0.3, -0.25) is 14.7 Å². The predicted octanol–water partition coefficient (Wildman–Crippen LogP) is 3.53. The highest BCUT2D eigenvalue weighted by Crippen LogP contribution is 2.25. The van der Waals surface area contributed by atoms with E-state index in [-0.39, 0.29) is 11.8 Å². The SMILES string of the molecule is CC(=O)Nc1ccc(-c2ccnc(Nc3cccc(N4CCN(C(=O)c5cn[nH]c5)CC4)c3)n2)cc1. The van der Waals surface area contributed by atoms with Crippen LogP contribution in [0.2, 0.25) is 0 Å². The van der Waals surface area contributed by atoms with E-state index in [1.807, 2.05) is 47.4 Å². The third-order valence-electron chi connectivity index (χ3n) is 5.94. The molecule has 3 N–H and O–H groups in total. The lowest BCUT2D eigenvalue weighted by molar-refractivity contribution is -0.114. The van der Waals surface area contributed by atoms with Gasteiger partial charge in [0.05, 0.1) is 17.5 Å². The van der Waals surface area contributed by atoms with Crippen molar-refractivity contribution in [1.29, 1.82) is 0 Å². The maximum atomic E-state index is 12.6. The van der Waals surface area contributed by atoms with Gasteiger partial charge in [0.25, 0.3) is 5.91 Å². The molecule has 0 aliphatic carbocycles. The number of rotatable bonds is 6. The molecule has 4 aromatic rings. The Hall–Kier alpha value is -4.73. The highest BCUT2D eigenvalue weighted by molar-refractivity contribution is 5.93. The summed E-state index contributed by atoms with van der Waals surface area (Å²) >= 11 is 0. The number of aromatic nitrogens is 4. The molecule has 0 unspecified atom stereocenters. The molecule has 182 valence electrons. The Morgan fingerprint density at radius 3 is 2.50 bits per heavy atom. The van der Waals surface area contributed by atoms with Crippen LogP contribution in [0, 0.1) is 0 Å². The molecule has 2 amide bonds. The molecule has 0 atom stereocenters. The Balaban J connectivity index is 1.23. The van der Waals surface area contributed by atoms with E-state index in [4.69, 9.17) is 0 Å². The zero-order valence-electron chi connectivity index (χ0n) is 19.8. The van der Waals surface area contributed by atoms with Crippen molar-refractivity contribution in [2.75, 3.05) is 41.7 Å². The van der Waals surface area contributed by atoms with Gasteiger partial charge in [-0.1, -0.05) is 18.2 Å². The summed E-state index contributed by atoms with van der Waals surface area (Å²) in [5.41, 5.74) is 4.97. The van der Waals surface area contributed by atoms with Gasteiger partial charge in [0.1, 0.15) is 0 Å². The van der Waals surface area contributed by atoms with Gasteiger partial charge in [-0.15, -0.1) is 0 Å². The van der Waals surface area contributed by atoms with Crippen molar-refractivity contribution in [3.8, 4) is 11.3 Å². The minimum absolute atomic E-state index is 0.000558. The summed E-state index contributed by atoms with van der Waals surface area (Å²) in [6, 6.07) is 17.4. The summed E-state index contributed by atoms with van der Waals surface area (Å²) in [6.45, 7) is 4.26. The average molecular weight is 483 g/mol. The fourth-order valence-corrected chi connectivity index (χ4v) is 4.13. The van der Waals surface area contributed by atoms with Gasteiger partial charge in [0.2, 0.25) is 11.9 Å². The lowest BCUT2D eigenvalue weighted by Crippen LogP contribution is -2.48. The molecule has 10 nitrogen and oxygen atoms in total. The van der Waals surface area contributed by atoms with Gasteiger partial charge in [0, 0.05) is 68.1 Å². The lowest BCUT2D eigenvalue weighted by atomic mass is 10.1. The van der Waals surface area contributed by atoms with Crippen LogP contribution >= 0.6 is 0 Å². The van der Waals surface area contributed by atoms with Gasteiger partial charge >= 0.3 is 0 Å². The highest BCUT2D eigenvalue weighted by atomic mass is 16.2. The zero-order valence-corrected chi connectivity index (χ0v) is 19.8. The Morgan fingerprint density at radius 1 is 0.972 bits per heavy atom. The van der Waals surface area contributed by atoms with Gasteiger partial charge in [-0.2, -0.15) is 5.10 Å². The molecule has 2 aromatic carbocycles. The minimum atomic E-state index is -0.108. The van der Waals surface area contributed by atoms with Gasteiger partial charge in [-0.25, -0.2) is 9.97 Å². The molecule has 1 aliphatic heterocycles. The topological polar surface area (TPSA) is 119 Å². The van der Waals surface area contributed by atoms with Crippen LogP contribution in [-0.4, -0.2) is 63.1 Å². The largest absolute Gasteiger partial charge is 0.368 e. The normalized spacial score (nSPS) is 13.4. The van der Waals surface area contributed by atoms with E-state index >= 15 is 0 Å². The Morgan fingerprint density at radius 2 is 1.78 bits per heavy atom. The van der Waals surface area contributed by atoms with E-state index in [1.165, 1.54) is 6.92 Å². The second kappa shape index (κ2) is 10.3. The van der Waals surface area contributed by atoms with Crippen LogP contribution in [0.5, 0.6) is 0 Å². The molecule has 5 rings (SSSR count). The first-order valence-electron chi connectivity index (χ1n) is 11.7. The molecule has 1 fully saturated rings. The third kappa shape index (κ3) is 5.33. The van der Waals surface area contributed by atoms with Crippen molar-refractivity contribution in [3.05, 3.63) is 78.8 Å². The standard InChI is InChI=1S/C26H26N8O2/c1-18(35)30-21-7-5-19(6-8-21)24-9-10-27-26(32-24)31-22-3-2-4-23(15-22)33-11-13-34(14-12-33)25(36)20-16-28-29-17-20/h2-10,15-17H,11-14H2,1H3,(H,28,29)(H,30,35)(H,27,31,32). The summed E-state index contributed by atoms with van der Waals surface area (Å²) in [5.74, 6) is 0.384. The average Bonchev–Trinajstić information content (AvgIpc) is 3.44. The molecule has 10 heteroatoms. The summed E-state index contributed by atoms with van der Waals surface area (Å²) in [5, 5.41) is 12.6. The second-order valence-corrected chi connectivity index (χ2v) is 8.47. The molecule has 0 radical (unpaired) electrons. The van der Waals surface area contributed by atoms with Crippen LogP contribution in [0.15, 0.2) is 73.2 Å². The van der Waals surface area contributed by atoms with E-state index in [1.54, 1.807) is 18.6 Å². The Kier molecular flexibility index (Phi) is 6.57. The first kappa shape index (κ1) is 23.0. The van der Waals surface area contributed by atoms with Crippen molar-refractivity contribution in [2.24, 2.45) is 0 Å². The van der Waals surface area contributed by atoms with Crippen LogP contribution in [0.4, 0.5) is 23.0 Å². The van der Waals surface area contributed by atoms with Crippen LogP contribution in [-0.2, 0) is 4.79 Å². The number of anilines is 4. The molecule has 3 heterocycles. The number of nitrogens with one attached hydrogen (secondary N) is 3. The Bertz CT molecular complexity index is 1350. The summed E-state index contributed by atoms with van der Waals surface area (Å²) in [4.78, 5) is 36.9. The number of hydrogen-bond donors (Lipinski definition) is 3. The third-order valence-corrected chi connectivity index (χ3v) is 5.94. The predicted molar refractivity (Wildman–Crippen MR) is 138 cm³/mol. The van der Waals surface area contributed by atoms with Gasteiger partial charge in [-0.05, 0) is 36.4 Å². The number of nitrogens with zero attached hydrogens (tertiary/aromatic N) is 5. The van der Waals surface area contributed by atoms with Crippen LogP contribution in [0.1, 0.15) is 17.3 Å². The van der Waals surface area contributed by atoms with Crippen molar-refractivity contribution < 1.29 is 9.59 Å². The molecule has 1 saturated heterocycles. The zero-order chi connectivity index (χ0) is 24.9. The van der Waals surface area contributed by atoms with Crippen LogP contribution < -0.4 is 15.5 Å². The molecular weight excluding hydrogens is 456 g/mol. The highest BCUT2D eigenvalue weighted by Gasteiger charge is 2.23. The lowest BCUT2D eigenvalue weighted by Gasteiger charge is -2.36. The molecule has 0 bridgehead atoms. The van der Waals surface area contributed by atoms with E-state index in [0.29, 0.717) is 24.6 Å². The number of carbonyl (C=O) groups is 2. The van der Waals surface area contributed by atoms with Crippen LogP contribution in [0.3, 0.4) is 0 Å². The van der Waals surface area contributed by atoms with Gasteiger partial charge in [0.15, 0.2) is 0 Å². The molecule has 0 saturated carbocycles. The molecule has 36 heavy (non-hydrogen) atoms. The maximum absolute atomic E-state index is 12.6. The first-order chi connectivity index (χ1) is 17.5. The number of benzene rings is 2. The van der Waals surface area contributed by atoms with E-state index in [2.05, 4.69) is 47.8 Å². The van der Waals surface area contributed by atoms with E-state index in [0.717, 1.165) is 41.4 Å². The fraction of sp³-hybridized carbons (Fsp3) is 0.192. The van der Waals surface area contributed by atoms with E-state index in [9.17, 15) is 9.59 Å². The maximum Gasteiger partial charge on any atom is 0.257 e. The Labute approximate surface area is 208 Å². The number of H-pyrrole nitrogens is 1. The fourth-order valence-electron chi connectivity index (χ4n) is 4.13. The molecular formula is C26H26N8O2. The van der Waals surface area contributed by atoms with E-state index < -0.39 is 0 Å². The smallest absolute Gasteiger partial charge is 0.257 e. The summed E-state index contributed by atoms with van der Waals surface area (Å²) < 4.78 is 0. The van der Waals surface area contributed by atoms with Crippen LogP contribution in [0.25, 0.3) is 11.3 Å². The molecule has 2 aromatic heterocycles. The summed E-state index contributed by atoms with van der Waals surface area (Å²) in [6.07, 6.45) is 4.90. The number of carbonyl (C=O) groups excluding carboxylic acids is 2. The van der Waals surface area contributed by atoms with Gasteiger partial charge < -0.3 is 20.4 Å². The number of amides is 2. The second-order valence-electron chi connectivity index (χ2n) is 8.47. The quantitative estimate of drug-likeness (QED) is 0.385. The first-order valence-corrected chi connectivity index (χ1v) is 11.7. The number of hydrogen-bond acceptors (Lipinski definition) is 7. The van der Waals surface area contributed by atoms with Crippen molar-refractivity contribution in [1.82, 2.24) is 25.1 Å². The van der Waals surface area contributed by atoms with Crippen molar-refractivity contribution in [2.45, 2.75) is 6.92 Å².